The maximum absolute atomic E-state index is 7.00. The summed E-state index contributed by atoms with van der Waals surface area (Å²) >= 11 is 0. The zero-order chi connectivity index (χ0) is 2.00. The first kappa shape index (κ1) is 94.9. The molecule has 0 aromatic heterocycles. The smallest absolute Gasteiger partial charge is 0.0319 e. The average molecular weight is 79.1 g/mol. The maximum Gasteiger partial charge on any atom is 0.0319 e. The van der Waals surface area contributed by atoms with Crippen LogP contribution >= 0.6 is 0 Å². The van der Waals surface area contributed by atoms with Crippen molar-refractivity contribution in [2.75, 3.05) is 7.11 Å². The zero-order valence-corrected chi connectivity index (χ0v) is 2.60. The van der Waals surface area contributed by atoms with Gasteiger partial charge in [-0.15, -0.1) is 0 Å². The van der Waals surface area contributed by atoms with E-state index in [4.69, 9.17) is 5.11 Å². The molecule has 3 heteroatoms. The Morgan fingerprint density at radius 3 is 1.20 bits per heavy atom. The molecule has 0 atom stereocenters. The Kier molecular flexibility index (Phi) is 42400. The van der Waals surface area contributed by atoms with Gasteiger partial charge in [-0.25, -0.2) is 0 Å². The molecule has 0 bridgehead atoms. The first-order valence-corrected chi connectivity index (χ1v) is 0.447. The van der Waals surface area contributed by atoms with Gasteiger partial charge in [0, 0.05) is 13.3 Å². The predicted molar refractivity (Wildman–Crippen MR) is 22.0 cm³/mol. The Morgan fingerprint density at radius 1 is 1.20 bits per heavy atom. The lowest BCUT2D eigenvalue weighted by Gasteiger charge is -1.21. The SMILES string of the molecule is C.CO.N.[N]. The van der Waals surface area contributed by atoms with Crippen LogP contribution in [0, 0.1) is 0 Å². The van der Waals surface area contributed by atoms with Crippen molar-refractivity contribution in [3.63, 3.8) is 0 Å². The van der Waals surface area contributed by atoms with Gasteiger partial charge in [-0.1, -0.05) is 7.43 Å². The van der Waals surface area contributed by atoms with Crippen LogP contribution < -0.4 is 12.3 Å². The van der Waals surface area contributed by atoms with E-state index in [0.717, 1.165) is 7.11 Å². The summed E-state index contributed by atoms with van der Waals surface area (Å²) in [4.78, 5) is 0. The van der Waals surface area contributed by atoms with Gasteiger partial charge in [-0.3, -0.25) is 0 Å². The summed E-state index contributed by atoms with van der Waals surface area (Å²) in [5, 5.41) is 7.00. The summed E-state index contributed by atoms with van der Waals surface area (Å²) in [5.74, 6) is 0. The number of hydrogen-bond donors (Lipinski definition) is 2. The molecule has 3 radical (unpaired) electrons. The fraction of sp³-hybridized carbons (Fsp3) is 1.00. The fourth-order valence-electron chi connectivity index (χ4n) is 0. The van der Waals surface area contributed by atoms with Gasteiger partial charge in [0.2, 0.25) is 0 Å². The van der Waals surface area contributed by atoms with Gasteiger partial charge in [0.05, 0.1) is 0 Å². The van der Waals surface area contributed by atoms with Gasteiger partial charge < -0.3 is 11.3 Å². The standard InChI is InChI=1S/CH4O.CH4.H3N.N/c1-2;;;/h2H,1H3;1H4;1H3;. The fourth-order valence-corrected chi connectivity index (χ4v) is 0. The molecule has 0 fully saturated rings. The van der Waals surface area contributed by atoms with E-state index in [1.54, 1.807) is 0 Å². The van der Waals surface area contributed by atoms with Gasteiger partial charge in [-0.2, -0.15) is 0 Å². The van der Waals surface area contributed by atoms with E-state index in [1.165, 1.54) is 0 Å². The van der Waals surface area contributed by atoms with Crippen LogP contribution in [0.3, 0.4) is 0 Å². The molecule has 0 saturated carbocycles. The molecule has 0 rings (SSSR count). The molecule has 0 aliphatic heterocycles. The normalized spacial score (nSPS) is 1.20. The maximum atomic E-state index is 7.00. The lowest BCUT2D eigenvalue weighted by atomic mass is 11.8. The van der Waals surface area contributed by atoms with Gasteiger partial charge >= 0.3 is 0 Å². The Hall–Kier alpha value is -0.120. The van der Waals surface area contributed by atoms with Crippen LogP contribution in [0.1, 0.15) is 7.43 Å². The molecule has 5 heavy (non-hydrogen) atoms. The third kappa shape index (κ3) is 952. The summed E-state index contributed by atoms with van der Waals surface area (Å²) in [6.45, 7) is 0. The van der Waals surface area contributed by atoms with Crippen LogP contribution in [-0.4, -0.2) is 12.2 Å². The quantitative estimate of drug-likeness (QED) is 0.425. The Bertz CT molecular complexity index is 7.61. The van der Waals surface area contributed by atoms with E-state index < -0.39 is 0 Å². The molecule has 0 spiro atoms. The monoisotopic (exact) mass is 79.1 g/mol. The number of aliphatic hydroxyl groups excluding tert-OH is 1. The minimum absolute atomic E-state index is 0. The molecule has 0 amide bonds. The molecule has 0 heterocycles. The first-order valence-electron chi connectivity index (χ1n) is 0.447. The van der Waals surface area contributed by atoms with Crippen LogP contribution in [0.5, 0.6) is 0 Å². The van der Waals surface area contributed by atoms with E-state index >= 15 is 0 Å². The van der Waals surface area contributed by atoms with E-state index in [0.29, 0.717) is 0 Å². The van der Waals surface area contributed by atoms with E-state index in [2.05, 4.69) is 0 Å². The van der Waals surface area contributed by atoms with E-state index in [-0.39, 0.29) is 19.7 Å². The number of aliphatic hydroxyl groups is 1. The first-order chi connectivity index (χ1) is 1.00. The molecule has 0 saturated heterocycles. The van der Waals surface area contributed by atoms with Gasteiger partial charge in [-0.05, 0) is 0 Å². The summed E-state index contributed by atoms with van der Waals surface area (Å²) in [5.41, 5.74) is 0. The summed E-state index contributed by atoms with van der Waals surface area (Å²) in [7, 11) is 1.00. The van der Waals surface area contributed by atoms with Crippen molar-refractivity contribution in [2.24, 2.45) is 0 Å². The van der Waals surface area contributed by atoms with Crippen LogP contribution in [0.2, 0.25) is 0 Å². The van der Waals surface area contributed by atoms with Crippen molar-refractivity contribution >= 4 is 0 Å². The number of rotatable bonds is 0. The minimum atomic E-state index is 0. The third-order valence-corrected chi connectivity index (χ3v) is 0. The predicted octanol–water partition coefficient (Wildman–Crippen LogP) is -0.0740. The summed E-state index contributed by atoms with van der Waals surface area (Å²) < 4.78 is 0. The highest BCUT2D eigenvalue weighted by Crippen LogP contribution is 0.755. The van der Waals surface area contributed by atoms with E-state index in [9.17, 15) is 0 Å². The van der Waals surface area contributed by atoms with Crippen molar-refractivity contribution in [3.05, 3.63) is 0 Å². The lowest BCUT2D eigenvalue weighted by molar-refractivity contribution is 0.399. The van der Waals surface area contributed by atoms with Crippen molar-refractivity contribution in [3.8, 4) is 0 Å². The second kappa shape index (κ2) is 2230. The lowest BCUT2D eigenvalue weighted by Crippen LogP contribution is -1.25. The second-order valence-electron chi connectivity index (χ2n) is 0. The Balaban J connectivity index is -0.00000000167. The highest BCUT2D eigenvalue weighted by molar-refractivity contribution is 3.18. The number of nitrogens with zero attached hydrogens (tertiary/aromatic N) is 1. The van der Waals surface area contributed by atoms with Crippen molar-refractivity contribution in [1.29, 1.82) is 0 Å². The van der Waals surface area contributed by atoms with Gasteiger partial charge in [0.1, 0.15) is 0 Å². The Morgan fingerprint density at radius 2 is 1.20 bits per heavy atom. The molecule has 3 nitrogen and oxygen atoms in total. The molecule has 0 aromatic carbocycles. The van der Waals surface area contributed by atoms with Crippen LogP contribution in [0.25, 0.3) is 0 Å². The van der Waals surface area contributed by atoms with Crippen molar-refractivity contribution < 1.29 is 5.11 Å². The van der Waals surface area contributed by atoms with Crippen molar-refractivity contribution in [1.82, 2.24) is 12.3 Å². The molecule has 0 aliphatic carbocycles. The van der Waals surface area contributed by atoms with E-state index in [1.807, 2.05) is 0 Å². The molecule has 0 unspecified atom stereocenters. The van der Waals surface area contributed by atoms with Crippen LogP contribution in [0.15, 0.2) is 0 Å². The zero-order valence-electron chi connectivity index (χ0n) is 2.60. The summed E-state index contributed by atoms with van der Waals surface area (Å²) in [6, 6.07) is 0. The largest absolute Gasteiger partial charge is 0.400 e. The topological polar surface area (TPSA) is 85.7 Å². The Labute approximate surface area is 33.2 Å². The minimum Gasteiger partial charge on any atom is -0.400 e. The second-order valence-corrected chi connectivity index (χ2v) is 0. The molecule has 4 N–H and O–H groups in total. The van der Waals surface area contributed by atoms with Gasteiger partial charge in [0.15, 0.2) is 0 Å². The average Bonchev–Trinajstić information content (AvgIpc) is 1.00. The molecule has 35 valence electrons. The van der Waals surface area contributed by atoms with Crippen LogP contribution in [0.4, 0.5) is 0 Å². The molecular weight excluding hydrogens is 68.0 g/mol. The molecule has 0 aliphatic rings. The number of hydrogen-bond acceptors (Lipinski definition) is 2. The highest BCUT2D eigenvalue weighted by atomic mass is 16.2. The third-order valence-electron chi connectivity index (χ3n) is 0. The molecule has 0 aromatic rings. The van der Waals surface area contributed by atoms with Crippen molar-refractivity contribution in [2.45, 2.75) is 7.43 Å². The highest BCUT2D eigenvalue weighted by Gasteiger charge is 0.839. The van der Waals surface area contributed by atoms with Gasteiger partial charge in [0.25, 0.3) is 0 Å². The van der Waals surface area contributed by atoms with Crippen LogP contribution in [-0.2, 0) is 0 Å². The molecular formula is C2H11N2O. The summed E-state index contributed by atoms with van der Waals surface area (Å²) in [6.07, 6.45) is 0.